The smallest absolute Gasteiger partial charge is 0.270 e. The van der Waals surface area contributed by atoms with Crippen LogP contribution >= 0.6 is 0 Å². The van der Waals surface area contributed by atoms with Crippen molar-refractivity contribution in [2.75, 3.05) is 6.61 Å². The van der Waals surface area contributed by atoms with Crippen LogP contribution in [0.25, 0.3) is 0 Å². The second-order valence-electron chi connectivity index (χ2n) is 4.66. The highest BCUT2D eigenvalue weighted by molar-refractivity contribution is 5.43. The number of nitrogens with zero attached hydrogens (tertiary/aromatic N) is 1. The Labute approximate surface area is 111 Å². The second kappa shape index (κ2) is 5.99. The van der Waals surface area contributed by atoms with Crippen molar-refractivity contribution in [2.24, 2.45) is 0 Å². The van der Waals surface area contributed by atoms with Gasteiger partial charge in [0.25, 0.3) is 5.69 Å². The van der Waals surface area contributed by atoms with Crippen LogP contribution in [-0.2, 0) is 11.3 Å². The highest BCUT2D eigenvalue weighted by Gasteiger charge is 2.22. The highest BCUT2D eigenvalue weighted by Crippen LogP contribution is 2.26. The van der Waals surface area contributed by atoms with Crippen LogP contribution in [0.1, 0.15) is 25.3 Å². The quantitative estimate of drug-likeness (QED) is 0.652. The third kappa shape index (κ3) is 3.42. The predicted octanol–water partition coefficient (Wildman–Crippen LogP) is 2.03. The summed E-state index contributed by atoms with van der Waals surface area (Å²) in [6.45, 7) is 2.12. The number of hydrogen-bond donors (Lipinski definition) is 1. The summed E-state index contributed by atoms with van der Waals surface area (Å²) in [4.78, 5) is 10.2. The summed E-state index contributed by atoms with van der Waals surface area (Å²) >= 11 is 0. The molecule has 1 aliphatic heterocycles. The molecule has 1 aromatic carbocycles. The Balaban J connectivity index is 2.01. The number of ether oxygens (including phenoxy) is 2. The van der Waals surface area contributed by atoms with Crippen LogP contribution in [0.15, 0.2) is 18.2 Å². The third-order valence-electron chi connectivity index (χ3n) is 3.17. The minimum atomic E-state index is -0.495. The van der Waals surface area contributed by atoms with Gasteiger partial charge in [-0.05, 0) is 25.8 Å². The van der Waals surface area contributed by atoms with Crippen LogP contribution in [0.5, 0.6) is 5.75 Å². The molecule has 2 atom stereocenters. The number of nitro groups is 1. The van der Waals surface area contributed by atoms with Gasteiger partial charge in [0, 0.05) is 17.7 Å². The molecule has 1 N–H and O–H groups in total. The van der Waals surface area contributed by atoms with Gasteiger partial charge in [-0.2, -0.15) is 0 Å². The molecule has 0 spiro atoms. The van der Waals surface area contributed by atoms with Crippen LogP contribution in [-0.4, -0.2) is 28.8 Å². The van der Waals surface area contributed by atoms with Crippen LogP contribution < -0.4 is 4.74 Å². The number of non-ortho nitro benzene ring substituents is 1. The lowest BCUT2D eigenvalue weighted by Gasteiger charge is -2.14. The van der Waals surface area contributed by atoms with E-state index in [1.807, 2.05) is 6.92 Å². The number of rotatable bonds is 5. The van der Waals surface area contributed by atoms with Crippen LogP contribution in [0.2, 0.25) is 0 Å². The van der Waals surface area contributed by atoms with Gasteiger partial charge in [0.1, 0.15) is 12.4 Å². The minimum absolute atomic E-state index is 0.0525. The van der Waals surface area contributed by atoms with E-state index in [4.69, 9.17) is 9.47 Å². The zero-order valence-corrected chi connectivity index (χ0v) is 10.7. The zero-order chi connectivity index (χ0) is 13.8. The molecular weight excluding hydrogens is 250 g/mol. The van der Waals surface area contributed by atoms with E-state index in [1.54, 1.807) is 0 Å². The minimum Gasteiger partial charge on any atom is -0.491 e. The number of benzene rings is 1. The Morgan fingerprint density at radius 1 is 1.53 bits per heavy atom. The molecule has 0 aromatic heterocycles. The van der Waals surface area contributed by atoms with Gasteiger partial charge in [-0.1, -0.05) is 0 Å². The predicted molar refractivity (Wildman–Crippen MR) is 68.1 cm³/mol. The fourth-order valence-electron chi connectivity index (χ4n) is 2.13. The Kier molecular flexibility index (Phi) is 4.34. The van der Waals surface area contributed by atoms with Crippen molar-refractivity contribution < 1.29 is 19.5 Å². The topological polar surface area (TPSA) is 81.8 Å². The fraction of sp³-hybridized carbons (Fsp3) is 0.538. The lowest BCUT2D eigenvalue weighted by Crippen LogP contribution is -2.18. The van der Waals surface area contributed by atoms with Gasteiger partial charge in [0.2, 0.25) is 0 Å². The molecule has 1 aliphatic rings. The SMILES string of the molecule is CC1CCC(COc2ccc([N+](=O)[O-])cc2CO)O1. The summed E-state index contributed by atoms with van der Waals surface area (Å²) in [5, 5.41) is 19.9. The van der Waals surface area contributed by atoms with Crippen molar-refractivity contribution >= 4 is 5.69 Å². The van der Waals surface area contributed by atoms with E-state index < -0.39 is 4.92 Å². The molecule has 1 aromatic rings. The molecule has 2 rings (SSSR count). The molecule has 0 radical (unpaired) electrons. The normalized spacial score (nSPS) is 22.4. The van der Waals surface area contributed by atoms with Gasteiger partial charge >= 0.3 is 0 Å². The van der Waals surface area contributed by atoms with Crippen molar-refractivity contribution in [3.8, 4) is 5.75 Å². The Morgan fingerprint density at radius 3 is 2.89 bits per heavy atom. The number of aliphatic hydroxyl groups excluding tert-OH is 1. The summed E-state index contributed by atoms with van der Waals surface area (Å²) in [6, 6.07) is 4.21. The van der Waals surface area contributed by atoms with Gasteiger partial charge in [0.15, 0.2) is 0 Å². The Morgan fingerprint density at radius 2 is 2.32 bits per heavy atom. The molecule has 1 fully saturated rings. The first-order chi connectivity index (χ1) is 9.10. The molecule has 0 aliphatic carbocycles. The average molecular weight is 267 g/mol. The summed E-state index contributed by atoms with van der Waals surface area (Å²) in [5.41, 5.74) is 0.363. The Bertz CT molecular complexity index is 462. The zero-order valence-electron chi connectivity index (χ0n) is 10.7. The molecule has 19 heavy (non-hydrogen) atoms. The maximum Gasteiger partial charge on any atom is 0.270 e. The standard InChI is InChI=1S/C13H17NO5/c1-9-2-4-12(19-9)8-18-13-5-3-11(14(16)17)6-10(13)7-15/h3,5-6,9,12,15H,2,4,7-8H2,1H3. The van der Waals surface area contributed by atoms with Crippen LogP contribution in [0.3, 0.4) is 0 Å². The van der Waals surface area contributed by atoms with Crippen molar-refractivity contribution in [2.45, 2.75) is 38.6 Å². The van der Waals surface area contributed by atoms with Gasteiger partial charge in [-0.15, -0.1) is 0 Å². The van der Waals surface area contributed by atoms with E-state index in [2.05, 4.69) is 0 Å². The molecule has 0 bridgehead atoms. The molecule has 1 heterocycles. The average Bonchev–Trinajstić information content (AvgIpc) is 2.81. The van der Waals surface area contributed by atoms with E-state index in [0.29, 0.717) is 17.9 Å². The maximum absolute atomic E-state index is 10.6. The molecule has 6 heteroatoms. The number of nitro benzene ring substituents is 1. The number of aliphatic hydroxyl groups is 1. The molecule has 104 valence electrons. The van der Waals surface area contributed by atoms with E-state index in [1.165, 1.54) is 18.2 Å². The van der Waals surface area contributed by atoms with Gasteiger partial charge in [-0.3, -0.25) is 10.1 Å². The van der Waals surface area contributed by atoms with Crippen molar-refractivity contribution in [3.63, 3.8) is 0 Å². The van der Waals surface area contributed by atoms with E-state index >= 15 is 0 Å². The molecule has 1 saturated heterocycles. The monoisotopic (exact) mass is 267 g/mol. The lowest BCUT2D eigenvalue weighted by atomic mass is 10.2. The van der Waals surface area contributed by atoms with Crippen molar-refractivity contribution in [1.82, 2.24) is 0 Å². The first kappa shape index (κ1) is 13.8. The highest BCUT2D eigenvalue weighted by atomic mass is 16.6. The third-order valence-corrected chi connectivity index (χ3v) is 3.17. The maximum atomic E-state index is 10.6. The van der Waals surface area contributed by atoms with Gasteiger partial charge in [0.05, 0.1) is 23.7 Å². The molecule has 0 saturated carbocycles. The van der Waals surface area contributed by atoms with E-state index in [-0.39, 0.29) is 24.5 Å². The van der Waals surface area contributed by atoms with Gasteiger partial charge < -0.3 is 14.6 Å². The lowest BCUT2D eigenvalue weighted by molar-refractivity contribution is -0.385. The molecular formula is C13H17NO5. The summed E-state index contributed by atoms with van der Waals surface area (Å²) in [7, 11) is 0. The van der Waals surface area contributed by atoms with Crippen LogP contribution in [0, 0.1) is 10.1 Å². The Hall–Kier alpha value is -1.66. The first-order valence-corrected chi connectivity index (χ1v) is 6.26. The molecule has 2 unspecified atom stereocenters. The van der Waals surface area contributed by atoms with Gasteiger partial charge in [-0.25, -0.2) is 0 Å². The summed E-state index contributed by atoms with van der Waals surface area (Å²) < 4.78 is 11.2. The second-order valence-corrected chi connectivity index (χ2v) is 4.66. The van der Waals surface area contributed by atoms with Crippen LogP contribution in [0.4, 0.5) is 5.69 Å². The molecule has 6 nitrogen and oxygen atoms in total. The summed E-state index contributed by atoms with van der Waals surface area (Å²) in [6.07, 6.45) is 2.27. The van der Waals surface area contributed by atoms with Crippen molar-refractivity contribution in [3.05, 3.63) is 33.9 Å². The number of hydrogen-bond acceptors (Lipinski definition) is 5. The fourth-order valence-corrected chi connectivity index (χ4v) is 2.13. The summed E-state index contributed by atoms with van der Waals surface area (Å²) in [5.74, 6) is 0.469. The first-order valence-electron chi connectivity index (χ1n) is 6.26. The molecule has 0 amide bonds. The largest absolute Gasteiger partial charge is 0.491 e. The van der Waals surface area contributed by atoms with Crippen molar-refractivity contribution in [1.29, 1.82) is 0 Å². The van der Waals surface area contributed by atoms with E-state index in [9.17, 15) is 15.2 Å². The van der Waals surface area contributed by atoms with E-state index in [0.717, 1.165) is 12.8 Å².